The summed E-state index contributed by atoms with van der Waals surface area (Å²) in [5.74, 6) is 0.0450. The number of aliphatic hydroxyl groups is 1. The largest absolute Gasteiger partial charge is 0.398 e. The Balaban J connectivity index is 2.19. The van der Waals surface area contributed by atoms with E-state index in [1.165, 1.54) is 0 Å². The van der Waals surface area contributed by atoms with Gasteiger partial charge in [0.2, 0.25) is 0 Å². The second-order valence-electron chi connectivity index (χ2n) is 4.82. The Kier molecular flexibility index (Phi) is 3.92. The normalized spacial score (nSPS) is 24.1. The molecule has 2 atom stereocenters. The predicted molar refractivity (Wildman–Crippen MR) is 74.2 cm³/mol. The summed E-state index contributed by atoms with van der Waals surface area (Å²) in [6.07, 6.45) is 0.315. The molecule has 5 heteroatoms. The van der Waals surface area contributed by atoms with Gasteiger partial charge >= 0.3 is 0 Å². The van der Waals surface area contributed by atoms with Crippen molar-refractivity contribution in [3.05, 3.63) is 28.2 Å². The van der Waals surface area contributed by atoms with Crippen LogP contribution in [0.25, 0.3) is 0 Å². The van der Waals surface area contributed by atoms with Crippen molar-refractivity contribution in [3.63, 3.8) is 0 Å². The number of carbonyl (C=O) groups is 1. The van der Waals surface area contributed by atoms with Crippen LogP contribution < -0.4 is 5.73 Å². The fraction of sp³-hybridized carbons (Fsp3) is 0.462. The lowest BCUT2D eigenvalue weighted by Gasteiger charge is -2.34. The zero-order chi connectivity index (χ0) is 13.3. The molecular weight excluding hydrogens is 296 g/mol. The van der Waals surface area contributed by atoms with Gasteiger partial charge in [-0.25, -0.2) is 0 Å². The number of benzene rings is 1. The van der Waals surface area contributed by atoms with Gasteiger partial charge in [0.25, 0.3) is 5.91 Å². The third-order valence-electron chi connectivity index (χ3n) is 3.39. The van der Waals surface area contributed by atoms with E-state index in [1.807, 2.05) is 13.0 Å². The molecule has 1 fully saturated rings. The first kappa shape index (κ1) is 13.4. The number of halogens is 1. The summed E-state index contributed by atoms with van der Waals surface area (Å²) in [5.41, 5.74) is 6.85. The molecule has 0 bridgehead atoms. The van der Waals surface area contributed by atoms with Gasteiger partial charge in [-0.05, 0) is 30.5 Å². The molecular formula is C13H17BrN2O2. The molecule has 2 rings (SSSR count). The number of anilines is 1. The van der Waals surface area contributed by atoms with Crippen molar-refractivity contribution < 1.29 is 9.90 Å². The minimum atomic E-state index is -0.311. The van der Waals surface area contributed by atoms with Crippen molar-refractivity contribution in [2.24, 2.45) is 5.92 Å². The molecule has 18 heavy (non-hydrogen) atoms. The summed E-state index contributed by atoms with van der Waals surface area (Å²) in [6.45, 7) is 3.11. The standard InChI is InChI=1S/C13H17BrN2O2/c1-8-7-16(5-4-12(8)17)13(18)10-6-9(14)2-3-11(10)15/h2-3,6,8,12,17H,4-5,7,15H2,1H3. The number of nitrogens with two attached hydrogens (primary N) is 1. The number of carbonyl (C=O) groups excluding carboxylic acids is 1. The Labute approximate surface area is 115 Å². The predicted octanol–water partition coefficient (Wildman–Crippen LogP) is 1.87. The molecule has 0 saturated carbocycles. The molecule has 1 amide bonds. The first-order valence-corrected chi connectivity index (χ1v) is 6.80. The number of hydrogen-bond acceptors (Lipinski definition) is 3. The second kappa shape index (κ2) is 5.28. The molecule has 3 N–H and O–H groups in total. The maximum absolute atomic E-state index is 12.4. The van der Waals surface area contributed by atoms with Crippen LogP contribution in [0.3, 0.4) is 0 Å². The maximum Gasteiger partial charge on any atom is 0.255 e. The molecule has 0 aliphatic carbocycles. The van der Waals surface area contributed by atoms with E-state index in [0.717, 1.165) is 4.47 Å². The maximum atomic E-state index is 12.4. The molecule has 0 radical (unpaired) electrons. The lowest BCUT2D eigenvalue weighted by Crippen LogP contribution is -2.45. The second-order valence-corrected chi connectivity index (χ2v) is 5.73. The molecule has 1 aliphatic heterocycles. The number of likely N-dealkylation sites (tertiary alicyclic amines) is 1. The van der Waals surface area contributed by atoms with E-state index >= 15 is 0 Å². The number of nitrogen functional groups attached to an aromatic ring is 1. The van der Waals surface area contributed by atoms with E-state index in [2.05, 4.69) is 15.9 Å². The highest BCUT2D eigenvalue weighted by Gasteiger charge is 2.28. The van der Waals surface area contributed by atoms with Crippen LogP contribution in [0.1, 0.15) is 23.7 Å². The topological polar surface area (TPSA) is 66.6 Å². The highest BCUT2D eigenvalue weighted by atomic mass is 79.9. The molecule has 1 aromatic rings. The van der Waals surface area contributed by atoms with E-state index in [-0.39, 0.29) is 17.9 Å². The van der Waals surface area contributed by atoms with Crippen LogP contribution in [0.2, 0.25) is 0 Å². The molecule has 2 unspecified atom stereocenters. The van der Waals surface area contributed by atoms with Crippen molar-refractivity contribution in [2.75, 3.05) is 18.8 Å². The van der Waals surface area contributed by atoms with Gasteiger partial charge in [-0.3, -0.25) is 4.79 Å². The van der Waals surface area contributed by atoms with Crippen LogP contribution in [0, 0.1) is 5.92 Å². The summed E-state index contributed by atoms with van der Waals surface area (Å²) in [7, 11) is 0. The van der Waals surface area contributed by atoms with Crippen LogP contribution >= 0.6 is 15.9 Å². The highest BCUT2D eigenvalue weighted by Crippen LogP contribution is 2.23. The number of piperidine rings is 1. The average Bonchev–Trinajstić information content (AvgIpc) is 2.35. The Bertz CT molecular complexity index is 464. The molecule has 1 heterocycles. The van der Waals surface area contributed by atoms with Gasteiger partial charge in [-0.2, -0.15) is 0 Å². The molecule has 1 aromatic carbocycles. The summed E-state index contributed by atoms with van der Waals surface area (Å²) in [5, 5.41) is 9.68. The quantitative estimate of drug-likeness (QED) is 0.778. The number of rotatable bonds is 1. The van der Waals surface area contributed by atoms with Crippen molar-refractivity contribution in [1.82, 2.24) is 4.90 Å². The average molecular weight is 313 g/mol. The lowest BCUT2D eigenvalue weighted by atomic mass is 9.96. The zero-order valence-electron chi connectivity index (χ0n) is 10.3. The van der Waals surface area contributed by atoms with Crippen molar-refractivity contribution in [2.45, 2.75) is 19.4 Å². The van der Waals surface area contributed by atoms with Gasteiger partial charge in [0.1, 0.15) is 0 Å². The van der Waals surface area contributed by atoms with E-state index in [4.69, 9.17) is 5.73 Å². The minimum absolute atomic E-state index is 0.0625. The van der Waals surface area contributed by atoms with Gasteiger partial charge in [0, 0.05) is 23.2 Å². The van der Waals surface area contributed by atoms with Gasteiger partial charge < -0.3 is 15.7 Å². The van der Waals surface area contributed by atoms with Crippen molar-refractivity contribution >= 4 is 27.5 Å². The van der Waals surface area contributed by atoms with E-state index in [1.54, 1.807) is 17.0 Å². The molecule has 4 nitrogen and oxygen atoms in total. The zero-order valence-corrected chi connectivity index (χ0v) is 11.9. The number of aliphatic hydroxyl groups excluding tert-OH is 1. The summed E-state index contributed by atoms with van der Waals surface area (Å²) < 4.78 is 0.838. The Morgan fingerprint density at radius 3 is 2.94 bits per heavy atom. The molecule has 0 aromatic heterocycles. The molecule has 1 saturated heterocycles. The number of nitrogens with zero attached hydrogens (tertiary/aromatic N) is 1. The van der Waals surface area contributed by atoms with Crippen LogP contribution in [0.4, 0.5) is 5.69 Å². The highest BCUT2D eigenvalue weighted by molar-refractivity contribution is 9.10. The fourth-order valence-electron chi connectivity index (χ4n) is 2.20. The summed E-state index contributed by atoms with van der Waals surface area (Å²) >= 11 is 3.34. The molecule has 98 valence electrons. The Hall–Kier alpha value is -1.07. The first-order chi connectivity index (χ1) is 8.49. The smallest absolute Gasteiger partial charge is 0.255 e. The third kappa shape index (κ3) is 2.67. The monoisotopic (exact) mass is 312 g/mol. The lowest BCUT2D eigenvalue weighted by molar-refractivity contribution is 0.0298. The van der Waals surface area contributed by atoms with Crippen molar-refractivity contribution in [3.8, 4) is 0 Å². The van der Waals surface area contributed by atoms with E-state index in [9.17, 15) is 9.90 Å². The summed E-state index contributed by atoms with van der Waals surface area (Å²) in [4.78, 5) is 14.1. The van der Waals surface area contributed by atoms with Gasteiger partial charge in [-0.15, -0.1) is 0 Å². The Morgan fingerprint density at radius 2 is 2.28 bits per heavy atom. The molecule has 0 spiro atoms. The van der Waals surface area contributed by atoms with Crippen LogP contribution in [-0.2, 0) is 0 Å². The van der Waals surface area contributed by atoms with Gasteiger partial charge in [-0.1, -0.05) is 22.9 Å². The van der Waals surface area contributed by atoms with E-state index in [0.29, 0.717) is 30.8 Å². The van der Waals surface area contributed by atoms with Crippen molar-refractivity contribution in [1.29, 1.82) is 0 Å². The minimum Gasteiger partial charge on any atom is -0.398 e. The Morgan fingerprint density at radius 1 is 1.56 bits per heavy atom. The first-order valence-electron chi connectivity index (χ1n) is 6.01. The summed E-state index contributed by atoms with van der Waals surface area (Å²) in [6, 6.07) is 5.28. The van der Waals surface area contributed by atoms with Gasteiger partial charge in [0.15, 0.2) is 0 Å². The fourth-order valence-corrected chi connectivity index (χ4v) is 2.56. The van der Waals surface area contributed by atoms with Crippen LogP contribution in [-0.4, -0.2) is 35.1 Å². The van der Waals surface area contributed by atoms with E-state index < -0.39 is 0 Å². The number of hydrogen-bond donors (Lipinski definition) is 2. The third-order valence-corrected chi connectivity index (χ3v) is 3.89. The van der Waals surface area contributed by atoms with Crippen LogP contribution in [0.5, 0.6) is 0 Å². The van der Waals surface area contributed by atoms with Crippen LogP contribution in [0.15, 0.2) is 22.7 Å². The SMILES string of the molecule is CC1CN(C(=O)c2cc(Br)ccc2N)CCC1O. The molecule has 1 aliphatic rings. The van der Waals surface area contributed by atoms with Gasteiger partial charge in [0.05, 0.1) is 11.7 Å². The number of amides is 1.